The van der Waals surface area contributed by atoms with Crippen LogP contribution in [0.4, 0.5) is 5.69 Å². The van der Waals surface area contributed by atoms with Crippen LogP contribution < -0.4 is 5.32 Å². The van der Waals surface area contributed by atoms with Crippen molar-refractivity contribution in [3.8, 4) is 0 Å². The Morgan fingerprint density at radius 3 is 2.70 bits per heavy atom. The molecule has 112 valence electrons. The van der Waals surface area contributed by atoms with Crippen LogP contribution in [0.15, 0.2) is 6.20 Å². The fourth-order valence-corrected chi connectivity index (χ4v) is 2.42. The molecule has 1 aromatic rings. The van der Waals surface area contributed by atoms with Gasteiger partial charge in [0.1, 0.15) is 0 Å². The number of rotatable bonds is 3. The van der Waals surface area contributed by atoms with Crippen LogP contribution in [-0.4, -0.2) is 28.9 Å². The quantitative estimate of drug-likeness (QED) is 0.925. The maximum atomic E-state index is 12.0. The highest BCUT2D eigenvalue weighted by atomic mass is 16.5. The maximum Gasteiger partial charge on any atom is 0.224 e. The number of hydrogen-bond acceptors (Lipinski definition) is 3. The predicted molar refractivity (Wildman–Crippen MR) is 78.8 cm³/mol. The molecule has 5 nitrogen and oxygen atoms in total. The van der Waals surface area contributed by atoms with E-state index in [0.717, 1.165) is 37.4 Å². The third-order valence-electron chi connectivity index (χ3n) is 3.45. The van der Waals surface area contributed by atoms with Gasteiger partial charge in [-0.2, -0.15) is 5.10 Å². The van der Waals surface area contributed by atoms with Crippen LogP contribution in [0.25, 0.3) is 0 Å². The number of aromatic nitrogens is 2. The van der Waals surface area contributed by atoms with Gasteiger partial charge < -0.3 is 10.1 Å². The fourth-order valence-electron chi connectivity index (χ4n) is 2.42. The minimum atomic E-state index is -0.00527. The van der Waals surface area contributed by atoms with Gasteiger partial charge in [0.2, 0.25) is 5.91 Å². The second-order valence-corrected chi connectivity index (χ2v) is 6.74. The van der Waals surface area contributed by atoms with Crippen LogP contribution >= 0.6 is 0 Å². The lowest BCUT2D eigenvalue weighted by Crippen LogP contribution is -2.20. The first-order valence-electron chi connectivity index (χ1n) is 7.28. The van der Waals surface area contributed by atoms with Gasteiger partial charge in [-0.25, -0.2) is 0 Å². The minimum absolute atomic E-state index is 0.00527. The first-order valence-corrected chi connectivity index (χ1v) is 7.28. The standard InChI is InChI=1S/C15H25N3O2/c1-11-13(16-14(19)9-15(2,3)4)10-18(17-11)12-5-7-20-8-6-12/h10,12H,5-9H2,1-4H3,(H,16,19). The molecule has 0 unspecified atom stereocenters. The second kappa shape index (κ2) is 5.95. The van der Waals surface area contributed by atoms with Gasteiger partial charge in [-0.1, -0.05) is 20.8 Å². The van der Waals surface area contributed by atoms with E-state index in [9.17, 15) is 4.79 Å². The fraction of sp³-hybridized carbons (Fsp3) is 0.733. The Kier molecular flexibility index (Phi) is 4.48. The van der Waals surface area contributed by atoms with E-state index in [1.165, 1.54) is 0 Å². The van der Waals surface area contributed by atoms with Gasteiger partial charge in [-0.3, -0.25) is 9.48 Å². The van der Waals surface area contributed by atoms with Gasteiger partial charge in [0.05, 0.1) is 17.4 Å². The van der Waals surface area contributed by atoms with Crippen molar-refractivity contribution in [2.24, 2.45) is 5.41 Å². The SMILES string of the molecule is Cc1nn(C2CCOCC2)cc1NC(=O)CC(C)(C)C. The minimum Gasteiger partial charge on any atom is -0.381 e. The van der Waals surface area contributed by atoms with E-state index in [2.05, 4.69) is 31.2 Å². The molecule has 5 heteroatoms. The Labute approximate surface area is 120 Å². The molecule has 1 fully saturated rings. The Morgan fingerprint density at radius 1 is 1.45 bits per heavy atom. The van der Waals surface area contributed by atoms with Gasteiger partial charge >= 0.3 is 0 Å². The van der Waals surface area contributed by atoms with Gasteiger partial charge in [0.15, 0.2) is 0 Å². The molecule has 1 aliphatic heterocycles. The highest BCUT2D eigenvalue weighted by Crippen LogP contribution is 2.24. The second-order valence-electron chi connectivity index (χ2n) is 6.74. The number of ether oxygens (including phenoxy) is 1. The van der Waals surface area contributed by atoms with E-state index in [0.29, 0.717) is 12.5 Å². The lowest BCUT2D eigenvalue weighted by atomic mass is 9.92. The first kappa shape index (κ1) is 15.0. The summed E-state index contributed by atoms with van der Waals surface area (Å²) >= 11 is 0. The molecular formula is C15H25N3O2. The topological polar surface area (TPSA) is 56.1 Å². The molecule has 0 saturated carbocycles. The summed E-state index contributed by atoms with van der Waals surface area (Å²) in [5, 5.41) is 7.50. The van der Waals surface area contributed by atoms with Crippen LogP contribution in [0, 0.1) is 12.3 Å². The molecule has 0 aromatic carbocycles. The summed E-state index contributed by atoms with van der Waals surface area (Å²) in [7, 11) is 0. The van der Waals surface area contributed by atoms with E-state index in [1.807, 2.05) is 17.8 Å². The number of carbonyl (C=O) groups excluding carboxylic acids is 1. The average molecular weight is 279 g/mol. The normalized spacial score (nSPS) is 17.2. The van der Waals surface area contributed by atoms with Crippen LogP contribution in [0.5, 0.6) is 0 Å². The molecule has 0 radical (unpaired) electrons. The third-order valence-corrected chi connectivity index (χ3v) is 3.45. The number of nitrogens with zero attached hydrogens (tertiary/aromatic N) is 2. The van der Waals surface area contributed by atoms with Crippen molar-refractivity contribution in [3.05, 3.63) is 11.9 Å². The van der Waals surface area contributed by atoms with Crippen molar-refractivity contribution in [1.82, 2.24) is 9.78 Å². The number of anilines is 1. The third kappa shape index (κ3) is 4.07. The van der Waals surface area contributed by atoms with Gasteiger partial charge in [0.25, 0.3) is 0 Å². The Hall–Kier alpha value is -1.36. The number of hydrogen-bond donors (Lipinski definition) is 1. The van der Waals surface area contributed by atoms with E-state index < -0.39 is 0 Å². The summed E-state index contributed by atoms with van der Waals surface area (Å²) in [4.78, 5) is 12.0. The largest absolute Gasteiger partial charge is 0.381 e. The molecule has 0 spiro atoms. The molecule has 0 atom stereocenters. The Bertz CT molecular complexity index is 468. The van der Waals surface area contributed by atoms with E-state index in [4.69, 9.17) is 4.74 Å². The molecule has 0 aliphatic carbocycles. The summed E-state index contributed by atoms with van der Waals surface area (Å²) in [6.45, 7) is 9.69. The zero-order valence-corrected chi connectivity index (χ0v) is 12.9. The number of aryl methyl sites for hydroxylation is 1. The van der Waals surface area contributed by atoms with Crippen molar-refractivity contribution in [3.63, 3.8) is 0 Å². The number of carbonyl (C=O) groups is 1. The Morgan fingerprint density at radius 2 is 2.10 bits per heavy atom. The zero-order chi connectivity index (χ0) is 14.8. The van der Waals surface area contributed by atoms with Crippen molar-refractivity contribution >= 4 is 11.6 Å². The van der Waals surface area contributed by atoms with Crippen molar-refractivity contribution in [1.29, 1.82) is 0 Å². The van der Waals surface area contributed by atoms with Crippen molar-refractivity contribution < 1.29 is 9.53 Å². The molecule has 1 N–H and O–H groups in total. The van der Waals surface area contributed by atoms with E-state index in [-0.39, 0.29) is 11.3 Å². The first-order chi connectivity index (χ1) is 9.35. The summed E-state index contributed by atoms with van der Waals surface area (Å²) in [6, 6.07) is 0.385. The predicted octanol–water partition coefficient (Wildman–Crippen LogP) is 2.92. The molecule has 1 saturated heterocycles. The summed E-state index contributed by atoms with van der Waals surface area (Å²) in [5.41, 5.74) is 1.69. The molecule has 1 aliphatic rings. The van der Waals surface area contributed by atoms with Crippen LogP contribution in [0.1, 0.15) is 51.8 Å². The van der Waals surface area contributed by atoms with Crippen LogP contribution in [-0.2, 0) is 9.53 Å². The number of nitrogens with one attached hydrogen (secondary N) is 1. The van der Waals surface area contributed by atoms with Gasteiger partial charge in [0, 0.05) is 25.8 Å². The summed E-state index contributed by atoms with van der Waals surface area (Å²) in [5.74, 6) is 0.0483. The lowest BCUT2D eigenvalue weighted by Gasteiger charge is -2.22. The van der Waals surface area contributed by atoms with Crippen LogP contribution in [0.2, 0.25) is 0 Å². The van der Waals surface area contributed by atoms with Gasteiger partial charge in [-0.15, -0.1) is 0 Å². The van der Waals surface area contributed by atoms with Gasteiger partial charge in [-0.05, 0) is 25.2 Å². The monoisotopic (exact) mass is 279 g/mol. The molecule has 2 rings (SSSR count). The zero-order valence-electron chi connectivity index (χ0n) is 12.9. The van der Waals surface area contributed by atoms with E-state index in [1.54, 1.807) is 0 Å². The lowest BCUT2D eigenvalue weighted by molar-refractivity contribution is -0.117. The van der Waals surface area contributed by atoms with E-state index >= 15 is 0 Å². The molecule has 20 heavy (non-hydrogen) atoms. The summed E-state index contributed by atoms with van der Waals surface area (Å²) < 4.78 is 7.34. The Balaban J connectivity index is 2.02. The van der Waals surface area contributed by atoms with Crippen LogP contribution in [0.3, 0.4) is 0 Å². The summed E-state index contributed by atoms with van der Waals surface area (Å²) in [6.07, 6.45) is 4.42. The number of amides is 1. The molecule has 0 bridgehead atoms. The van der Waals surface area contributed by atoms with Crippen molar-refractivity contribution in [2.75, 3.05) is 18.5 Å². The van der Waals surface area contributed by atoms with Crippen molar-refractivity contribution in [2.45, 2.75) is 53.0 Å². The molecule has 1 aromatic heterocycles. The molecule has 1 amide bonds. The highest BCUT2D eigenvalue weighted by molar-refractivity contribution is 5.91. The highest BCUT2D eigenvalue weighted by Gasteiger charge is 2.20. The maximum absolute atomic E-state index is 12.0. The smallest absolute Gasteiger partial charge is 0.224 e. The molecule has 2 heterocycles. The molecular weight excluding hydrogens is 254 g/mol. The average Bonchev–Trinajstić information content (AvgIpc) is 2.70.